The molecule has 0 atom stereocenters. The van der Waals surface area contributed by atoms with Crippen molar-refractivity contribution in [1.29, 1.82) is 0 Å². The summed E-state index contributed by atoms with van der Waals surface area (Å²) in [5.41, 5.74) is 5.71. The lowest BCUT2D eigenvalue weighted by Crippen LogP contribution is -1.81. The fraction of sp³-hybridized carbons (Fsp3) is 0.268. The number of hydrogen-bond donors (Lipinski definition) is 3. The van der Waals surface area contributed by atoms with Crippen molar-refractivity contribution in [3.8, 4) is 17.2 Å². The van der Waals surface area contributed by atoms with Crippen LogP contribution in [0.5, 0.6) is 17.2 Å². The number of phenols is 3. The predicted octanol–water partition coefficient (Wildman–Crippen LogP) is 11.7. The molecule has 0 radical (unpaired) electrons. The Kier molecular flexibility index (Phi) is 28.6. The molecule has 3 nitrogen and oxygen atoms in total. The van der Waals surface area contributed by atoms with Gasteiger partial charge in [0.2, 0.25) is 0 Å². The highest BCUT2D eigenvalue weighted by atomic mass is 16.3. The molecule has 240 valence electrons. The fourth-order valence-corrected chi connectivity index (χ4v) is 3.31. The predicted molar refractivity (Wildman–Crippen MR) is 195 cm³/mol. The van der Waals surface area contributed by atoms with Crippen LogP contribution < -0.4 is 0 Å². The van der Waals surface area contributed by atoms with Gasteiger partial charge < -0.3 is 15.3 Å². The van der Waals surface area contributed by atoms with Gasteiger partial charge in [0.1, 0.15) is 17.2 Å². The second kappa shape index (κ2) is 28.6. The first-order valence-corrected chi connectivity index (χ1v) is 14.3. The maximum absolute atomic E-state index is 8.63. The summed E-state index contributed by atoms with van der Waals surface area (Å²) >= 11 is 0. The van der Waals surface area contributed by atoms with Gasteiger partial charge in [0.15, 0.2) is 0 Å². The highest BCUT2D eigenvalue weighted by Crippen LogP contribution is 2.06. The molecule has 0 aliphatic carbocycles. The molecule has 0 unspecified atom stereocenters. The smallest absolute Gasteiger partial charge is 0.115 e. The second-order valence-corrected chi connectivity index (χ2v) is 9.05. The summed E-state index contributed by atoms with van der Waals surface area (Å²) in [6, 6.07) is 43.8. The van der Waals surface area contributed by atoms with Crippen LogP contribution in [-0.2, 0) is 25.7 Å². The average molecular weight is 599 g/mol. The molecule has 0 fully saturated rings. The largest absolute Gasteiger partial charge is 0.508 e. The molecule has 0 bridgehead atoms. The minimum atomic E-state index is 0. The van der Waals surface area contributed by atoms with Gasteiger partial charge in [0.25, 0.3) is 0 Å². The Balaban J connectivity index is -0.000000474. The van der Waals surface area contributed by atoms with Crippen LogP contribution >= 0.6 is 0 Å². The van der Waals surface area contributed by atoms with E-state index in [0.29, 0.717) is 17.2 Å². The lowest BCUT2D eigenvalue weighted by atomic mass is 10.1. The van der Waals surface area contributed by atoms with Crippen molar-refractivity contribution in [2.45, 2.75) is 75.7 Å². The number of para-hydroxylation sites is 3. The Bertz CT molecular complexity index is 1070. The van der Waals surface area contributed by atoms with Crippen molar-refractivity contribution < 1.29 is 15.3 Å². The van der Waals surface area contributed by atoms with Gasteiger partial charge in [-0.1, -0.05) is 153 Å². The Morgan fingerprint density at radius 2 is 0.455 bits per heavy atom. The number of benzene rings is 5. The van der Waals surface area contributed by atoms with Crippen LogP contribution in [0.15, 0.2) is 140 Å². The van der Waals surface area contributed by atoms with Gasteiger partial charge in [-0.3, -0.25) is 0 Å². The van der Waals surface area contributed by atoms with E-state index in [-0.39, 0.29) is 22.3 Å². The molecule has 0 saturated carbocycles. The molecule has 0 heterocycles. The van der Waals surface area contributed by atoms with Gasteiger partial charge in [-0.15, -0.1) is 0 Å². The molecule has 0 saturated heterocycles. The molecule has 5 aromatic rings. The van der Waals surface area contributed by atoms with Crippen molar-refractivity contribution >= 4 is 0 Å². The van der Waals surface area contributed by atoms with E-state index >= 15 is 0 Å². The molecular weight excluding hydrogens is 540 g/mol. The highest BCUT2D eigenvalue weighted by molar-refractivity contribution is 5.23. The van der Waals surface area contributed by atoms with Crippen molar-refractivity contribution in [2.75, 3.05) is 0 Å². The van der Waals surface area contributed by atoms with E-state index in [4.69, 9.17) is 15.3 Å². The monoisotopic (exact) mass is 598 g/mol. The van der Waals surface area contributed by atoms with E-state index in [2.05, 4.69) is 76.2 Å². The standard InChI is InChI=1S/2C10H14.3C6H6O.3CH4/c2*1-3-9-5-7-10(4-2)8-6-9;3*7-6-4-2-1-3-5-6;;;/h2*5-8H,3-4H2,1-2H3;3*1-5,7H;3*1H4. The van der Waals surface area contributed by atoms with E-state index in [1.54, 1.807) is 72.8 Å². The van der Waals surface area contributed by atoms with E-state index < -0.39 is 0 Å². The summed E-state index contributed by atoms with van der Waals surface area (Å²) in [7, 11) is 0. The molecular formula is C41H58O3. The van der Waals surface area contributed by atoms with E-state index in [0.717, 1.165) is 25.7 Å². The van der Waals surface area contributed by atoms with E-state index in [9.17, 15) is 0 Å². The van der Waals surface area contributed by atoms with Crippen LogP contribution in [0.25, 0.3) is 0 Å². The fourth-order valence-electron chi connectivity index (χ4n) is 3.31. The van der Waals surface area contributed by atoms with Gasteiger partial charge in [-0.2, -0.15) is 0 Å². The third kappa shape index (κ3) is 22.1. The molecule has 3 heteroatoms. The quantitative estimate of drug-likeness (QED) is 0.193. The Hall–Kier alpha value is -4.50. The zero-order valence-electron chi connectivity index (χ0n) is 24.9. The molecule has 44 heavy (non-hydrogen) atoms. The van der Waals surface area contributed by atoms with Crippen molar-refractivity contribution in [1.82, 2.24) is 0 Å². The van der Waals surface area contributed by atoms with Crippen LogP contribution in [0.3, 0.4) is 0 Å². The van der Waals surface area contributed by atoms with Gasteiger partial charge in [-0.25, -0.2) is 0 Å². The molecule has 0 aromatic heterocycles. The summed E-state index contributed by atoms with van der Waals surface area (Å²) in [6.07, 6.45) is 4.57. The third-order valence-corrected chi connectivity index (χ3v) is 5.95. The number of phenolic OH excluding ortho intramolecular Hbond substituents is 3. The van der Waals surface area contributed by atoms with Crippen LogP contribution in [0, 0.1) is 0 Å². The normalized spacial score (nSPS) is 8.55. The van der Waals surface area contributed by atoms with Crippen molar-refractivity contribution in [3.63, 3.8) is 0 Å². The molecule has 0 aliphatic rings. The van der Waals surface area contributed by atoms with E-state index in [1.807, 2.05) is 18.2 Å². The van der Waals surface area contributed by atoms with Crippen LogP contribution in [0.1, 0.15) is 72.2 Å². The highest BCUT2D eigenvalue weighted by Gasteiger charge is 1.89. The van der Waals surface area contributed by atoms with Gasteiger partial charge >= 0.3 is 0 Å². The molecule has 5 aromatic carbocycles. The lowest BCUT2D eigenvalue weighted by molar-refractivity contribution is 0.475. The summed E-state index contributed by atoms with van der Waals surface area (Å²) in [6.45, 7) is 8.73. The van der Waals surface area contributed by atoms with Crippen molar-refractivity contribution in [2.24, 2.45) is 0 Å². The number of rotatable bonds is 4. The lowest BCUT2D eigenvalue weighted by Gasteiger charge is -1.97. The molecule has 0 aliphatic heterocycles. The Labute approximate surface area is 269 Å². The van der Waals surface area contributed by atoms with Gasteiger partial charge in [0, 0.05) is 0 Å². The topological polar surface area (TPSA) is 60.7 Å². The van der Waals surface area contributed by atoms with Gasteiger partial charge in [-0.05, 0) is 84.3 Å². The summed E-state index contributed by atoms with van der Waals surface area (Å²) in [5, 5.41) is 25.9. The Morgan fingerprint density at radius 1 is 0.295 bits per heavy atom. The molecule has 5 rings (SSSR count). The summed E-state index contributed by atoms with van der Waals surface area (Å²) < 4.78 is 0. The van der Waals surface area contributed by atoms with Crippen LogP contribution in [0.4, 0.5) is 0 Å². The number of aryl methyl sites for hydroxylation is 4. The minimum absolute atomic E-state index is 0. The SMILES string of the molecule is C.C.C.CCc1ccc(CC)cc1.CCc1ccc(CC)cc1.Oc1ccccc1.Oc1ccccc1.Oc1ccccc1. The number of hydrogen-bond acceptors (Lipinski definition) is 3. The molecule has 0 amide bonds. The van der Waals surface area contributed by atoms with E-state index in [1.165, 1.54) is 22.3 Å². The third-order valence-electron chi connectivity index (χ3n) is 5.95. The van der Waals surface area contributed by atoms with Crippen molar-refractivity contribution in [3.05, 3.63) is 162 Å². The summed E-state index contributed by atoms with van der Waals surface area (Å²) in [4.78, 5) is 0. The first kappa shape index (κ1) is 43.9. The van der Waals surface area contributed by atoms with Crippen LogP contribution in [-0.4, -0.2) is 15.3 Å². The maximum atomic E-state index is 8.63. The first-order valence-electron chi connectivity index (χ1n) is 14.3. The van der Waals surface area contributed by atoms with Gasteiger partial charge in [0.05, 0.1) is 0 Å². The first-order chi connectivity index (χ1) is 19.9. The summed E-state index contributed by atoms with van der Waals surface area (Å²) in [5.74, 6) is 0.965. The maximum Gasteiger partial charge on any atom is 0.115 e. The average Bonchev–Trinajstić information content (AvgIpc) is 3.03. The number of aromatic hydroxyl groups is 3. The second-order valence-electron chi connectivity index (χ2n) is 9.05. The minimum Gasteiger partial charge on any atom is -0.508 e. The zero-order chi connectivity index (χ0) is 30.1. The zero-order valence-corrected chi connectivity index (χ0v) is 24.9. The Morgan fingerprint density at radius 3 is 0.545 bits per heavy atom. The molecule has 0 spiro atoms. The molecule has 3 N–H and O–H groups in total. The van der Waals surface area contributed by atoms with Crippen LogP contribution in [0.2, 0.25) is 0 Å².